The zero-order valence-corrected chi connectivity index (χ0v) is 16.0. The smallest absolute Gasteiger partial charge is 0.217 e. The summed E-state index contributed by atoms with van der Waals surface area (Å²) in [6.45, 7) is 3.87. The van der Waals surface area contributed by atoms with Crippen LogP contribution in [0.3, 0.4) is 0 Å². The minimum atomic E-state index is -0.00101. The predicted molar refractivity (Wildman–Crippen MR) is 108 cm³/mol. The molecule has 2 aromatic carbocycles. The van der Waals surface area contributed by atoms with E-state index in [1.165, 1.54) is 22.7 Å². The fraction of sp³-hybridized carbons (Fsp3) is 0.0952. The molecule has 2 heterocycles. The van der Waals surface area contributed by atoms with Crippen LogP contribution in [0.15, 0.2) is 60.7 Å². The summed E-state index contributed by atoms with van der Waals surface area (Å²) in [5.41, 5.74) is 3.43. The van der Waals surface area contributed by atoms with Crippen molar-refractivity contribution in [3.05, 3.63) is 80.4 Å². The van der Waals surface area contributed by atoms with Crippen LogP contribution < -0.4 is 0 Å². The van der Waals surface area contributed by atoms with Gasteiger partial charge >= 0.3 is 0 Å². The SMILES string of the molecule is Cc1nc(-c2ccccc2)c(C(=O)c2sc(C)nc2-c2ccccc2)s1. The molecule has 0 radical (unpaired) electrons. The Kier molecular flexibility index (Phi) is 4.49. The van der Waals surface area contributed by atoms with Crippen molar-refractivity contribution in [1.82, 2.24) is 9.97 Å². The minimum Gasteiger partial charge on any atom is -0.287 e. The highest BCUT2D eigenvalue weighted by Gasteiger charge is 2.25. The maximum atomic E-state index is 13.4. The standard InChI is InChI=1S/C21H16N2OS2/c1-13-22-17(15-9-5-3-6-10-15)20(25-13)19(24)21-18(23-14(2)26-21)16-11-7-4-8-12-16/h3-12H,1-2H3. The molecule has 0 saturated heterocycles. The largest absolute Gasteiger partial charge is 0.287 e. The Balaban J connectivity index is 1.84. The first-order valence-corrected chi connectivity index (χ1v) is 9.87. The molecular weight excluding hydrogens is 360 g/mol. The topological polar surface area (TPSA) is 42.9 Å². The van der Waals surface area contributed by atoms with Crippen molar-refractivity contribution >= 4 is 28.5 Å². The van der Waals surface area contributed by atoms with Crippen molar-refractivity contribution in [2.24, 2.45) is 0 Å². The molecule has 26 heavy (non-hydrogen) atoms. The fourth-order valence-electron chi connectivity index (χ4n) is 2.85. The van der Waals surface area contributed by atoms with Crippen molar-refractivity contribution in [3.8, 4) is 22.5 Å². The summed E-state index contributed by atoms with van der Waals surface area (Å²) in [5, 5.41) is 1.77. The minimum absolute atomic E-state index is 0.00101. The lowest BCUT2D eigenvalue weighted by molar-refractivity contribution is 0.104. The van der Waals surface area contributed by atoms with Crippen molar-refractivity contribution in [2.45, 2.75) is 13.8 Å². The van der Waals surface area contributed by atoms with Gasteiger partial charge in [0.15, 0.2) is 0 Å². The number of hydrogen-bond acceptors (Lipinski definition) is 5. The molecule has 0 bridgehead atoms. The molecule has 0 aliphatic heterocycles. The highest BCUT2D eigenvalue weighted by Crippen LogP contribution is 2.35. The van der Waals surface area contributed by atoms with E-state index < -0.39 is 0 Å². The summed E-state index contributed by atoms with van der Waals surface area (Å²) in [6, 6.07) is 19.7. The first kappa shape index (κ1) is 16.8. The molecule has 0 N–H and O–H groups in total. The van der Waals surface area contributed by atoms with Crippen LogP contribution in [0, 0.1) is 13.8 Å². The summed E-state index contributed by atoms with van der Waals surface area (Å²) in [4.78, 5) is 24.0. The van der Waals surface area contributed by atoms with E-state index >= 15 is 0 Å². The number of benzene rings is 2. The van der Waals surface area contributed by atoms with Gasteiger partial charge in [0.2, 0.25) is 5.78 Å². The molecule has 0 aliphatic carbocycles. The Hall–Kier alpha value is -2.63. The molecule has 0 saturated carbocycles. The molecule has 5 heteroatoms. The van der Waals surface area contributed by atoms with E-state index in [1.54, 1.807) is 0 Å². The van der Waals surface area contributed by atoms with Crippen LogP contribution in [0.25, 0.3) is 22.5 Å². The maximum Gasteiger partial charge on any atom is 0.217 e. The van der Waals surface area contributed by atoms with E-state index in [2.05, 4.69) is 9.97 Å². The summed E-state index contributed by atoms with van der Waals surface area (Å²) in [6.07, 6.45) is 0. The van der Waals surface area contributed by atoms with Crippen molar-refractivity contribution in [2.75, 3.05) is 0 Å². The van der Waals surface area contributed by atoms with Crippen molar-refractivity contribution in [1.29, 1.82) is 0 Å². The van der Waals surface area contributed by atoms with Gasteiger partial charge < -0.3 is 0 Å². The average molecular weight is 377 g/mol. The highest BCUT2D eigenvalue weighted by molar-refractivity contribution is 7.17. The number of ketones is 1. The Morgan fingerprint density at radius 3 is 1.46 bits per heavy atom. The monoisotopic (exact) mass is 376 g/mol. The van der Waals surface area contributed by atoms with E-state index in [0.29, 0.717) is 9.75 Å². The first-order chi connectivity index (χ1) is 12.6. The second kappa shape index (κ2) is 6.94. The van der Waals surface area contributed by atoms with Gasteiger partial charge in [0.05, 0.1) is 21.4 Å². The second-order valence-corrected chi connectivity index (χ2v) is 8.29. The van der Waals surface area contributed by atoms with Crippen LogP contribution >= 0.6 is 22.7 Å². The van der Waals surface area contributed by atoms with E-state index in [0.717, 1.165) is 32.5 Å². The maximum absolute atomic E-state index is 13.4. The fourth-order valence-corrected chi connectivity index (χ4v) is 4.69. The summed E-state index contributed by atoms with van der Waals surface area (Å²) in [7, 11) is 0. The number of aromatic nitrogens is 2. The molecule has 0 aliphatic rings. The van der Waals surface area contributed by atoms with Crippen molar-refractivity contribution in [3.63, 3.8) is 0 Å². The third-order valence-corrected chi connectivity index (χ3v) is 5.91. The van der Waals surface area contributed by atoms with Crippen molar-refractivity contribution < 1.29 is 4.79 Å². The van der Waals surface area contributed by atoms with E-state index in [4.69, 9.17) is 0 Å². The van der Waals surface area contributed by atoms with Gasteiger partial charge in [0.25, 0.3) is 0 Å². The third-order valence-electron chi connectivity index (χ3n) is 3.98. The van der Waals surface area contributed by atoms with Gasteiger partial charge in [-0.05, 0) is 13.8 Å². The molecule has 0 fully saturated rings. The number of rotatable bonds is 4. The normalized spacial score (nSPS) is 10.8. The molecule has 0 unspecified atom stereocenters. The van der Waals surface area contributed by atoms with Gasteiger partial charge in [0, 0.05) is 11.1 Å². The van der Waals surface area contributed by atoms with Crippen LogP contribution in [-0.2, 0) is 0 Å². The Morgan fingerprint density at radius 2 is 1.08 bits per heavy atom. The van der Waals surface area contributed by atoms with Gasteiger partial charge in [-0.2, -0.15) is 0 Å². The van der Waals surface area contributed by atoms with E-state index in [-0.39, 0.29) is 5.78 Å². The van der Waals surface area contributed by atoms with Gasteiger partial charge in [0.1, 0.15) is 9.75 Å². The van der Waals surface area contributed by atoms with E-state index in [9.17, 15) is 4.79 Å². The zero-order valence-electron chi connectivity index (χ0n) is 14.4. The molecule has 0 atom stereocenters. The molecule has 4 aromatic rings. The molecule has 2 aromatic heterocycles. The average Bonchev–Trinajstić information content (AvgIpc) is 3.25. The zero-order chi connectivity index (χ0) is 18.1. The molecule has 0 spiro atoms. The second-order valence-electron chi connectivity index (χ2n) is 5.88. The number of thiazole rings is 2. The summed E-state index contributed by atoms with van der Waals surface area (Å²) < 4.78 is 0. The molecule has 3 nitrogen and oxygen atoms in total. The molecular formula is C21H16N2OS2. The van der Waals surface area contributed by atoms with Crippen LogP contribution in [0.4, 0.5) is 0 Å². The predicted octanol–water partition coefficient (Wildman–Crippen LogP) is 5.78. The van der Waals surface area contributed by atoms with Crippen LogP contribution in [0.2, 0.25) is 0 Å². The Labute approximate surface area is 160 Å². The van der Waals surface area contributed by atoms with Gasteiger partial charge in [-0.15, -0.1) is 22.7 Å². The first-order valence-electron chi connectivity index (χ1n) is 8.24. The van der Waals surface area contributed by atoms with Crippen LogP contribution in [-0.4, -0.2) is 15.8 Å². The number of carbonyl (C=O) groups excluding carboxylic acids is 1. The van der Waals surface area contributed by atoms with Crippen LogP contribution in [0.5, 0.6) is 0 Å². The molecule has 128 valence electrons. The Morgan fingerprint density at radius 1 is 0.692 bits per heavy atom. The van der Waals surface area contributed by atoms with Crippen LogP contribution in [0.1, 0.15) is 24.6 Å². The summed E-state index contributed by atoms with van der Waals surface area (Å²) in [5.74, 6) is -0.00101. The quantitative estimate of drug-likeness (QED) is 0.424. The van der Waals surface area contributed by atoms with Gasteiger partial charge in [-0.3, -0.25) is 4.79 Å². The summed E-state index contributed by atoms with van der Waals surface area (Å²) >= 11 is 2.89. The van der Waals surface area contributed by atoms with E-state index in [1.807, 2.05) is 74.5 Å². The number of aryl methyl sites for hydroxylation is 2. The lowest BCUT2D eigenvalue weighted by atomic mass is 10.1. The van der Waals surface area contributed by atoms with Gasteiger partial charge in [-0.1, -0.05) is 60.7 Å². The number of carbonyl (C=O) groups is 1. The Bertz CT molecular complexity index is 980. The molecule has 0 amide bonds. The highest BCUT2D eigenvalue weighted by atomic mass is 32.1. The number of hydrogen-bond donors (Lipinski definition) is 0. The number of nitrogens with zero attached hydrogens (tertiary/aromatic N) is 2. The lowest BCUT2D eigenvalue weighted by Crippen LogP contribution is -2.00. The lowest BCUT2D eigenvalue weighted by Gasteiger charge is -2.03. The molecule has 4 rings (SSSR count). The van der Waals surface area contributed by atoms with Gasteiger partial charge in [-0.25, -0.2) is 9.97 Å². The third kappa shape index (κ3) is 3.11.